The average molecular weight is 407 g/mol. The van der Waals surface area contributed by atoms with Crippen LogP contribution in [-0.2, 0) is 28.7 Å². The summed E-state index contributed by atoms with van der Waals surface area (Å²) in [7, 11) is 0. The summed E-state index contributed by atoms with van der Waals surface area (Å²) in [6.45, 7) is 0.884. The van der Waals surface area contributed by atoms with E-state index in [1.54, 1.807) is 4.90 Å². The molecule has 0 N–H and O–H groups in total. The summed E-state index contributed by atoms with van der Waals surface area (Å²) in [6.07, 6.45) is -3.91. The van der Waals surface area contributed by atoms with Crippen LogP contribution in [0.5, 0.6) is 0 Å². The molecule has 144 valence electrons. The van der Waals surface area contributed by atoms with E-state index in [0.29, 0.717) is 24.4 Å². The highest BCUT2D eigenvalue weighted by Crippen LogP contribution is 2.36. The van der Waals surface area contributed by atoms with E-state index < -0.39 is 23.6 Å². The van der Waals surface area contributed by atoms with Crippen LogP contribution in [0.1, 0.15) is 16.7 Å². The van der Waals surface area contributed by atoms with E-state index >= 15 is 0 Å². The van der Waals surface area contributed by atoms with Gasteiger partial charge >= 0.3 is 6.18 Å². The maximum Gasteiger partial charge on any atom is 0.416 e. The number of amides is 2. The van der Waals surface area contributed by atoms with Crippen molar-refractivity contribution in [1.29, 1.82) is 0 Å². The van der Waals surface area contributed by atoms with E-state index in [1.807, 2.05) is 24.3 Å². The number of hydrogen-bond donors (Lipinski definition) is 0. The van der Waals surface area contributed by atoms with Gasteiger partial charge in [-0.1, -0.05) is 41.9 Å². The van der Waals surface area contributed by atoms with Gasteiger partial charge in [-0.25, -0.2) is 4.90 Å². The summed E-state index contributed by atoms with van der Waals surface area (Å²) in [4.78, 5) is 27.9. The van der Waals surface area contributed by atoms with E-state index in [9.17, 15) is 22.8 Å². The Bertz CT molecular complexity index is 1020. The van der Waals surface area contributed by atoms with Crippen molar-refractivity contribution in [3.05, 3.63) is 76.0 Å². The molecule has 8 heteroatoms. The topological polar surface area (TPSA) is 40.6 Å². The number of carbonyl (C=O) groups excluding carboxylic acids is 2. The van der Waals surface area contributed by atoms with Crippen molar-refractivity contribution in [2.24, 2.45) is 0 Å². The van der Waals surface area contributed by atoms with Gasteiger partial charge in [-0.2, -0.15) is 13.2 Å². The molecule has 4 nitrogen and oxygen atoms in total. The third kappa shape index (κ3) is 3.05. The first-order valence-corrected chi connectivity index (χ1v) is 8.92. The van der Waals surface area contributed by atoms with Gasteiger partial charge < -0.3 is 4.90 Å². The molecule has 28 heavy (non-hydrogen) atoms. The number of hydrogen-bond acceptors (Lipinski definition) is 3. The number of benzene rings is 2. The van der Waals surface area contributed by atoms with Crippen LogP contribution in [0.25, 0.3) is 0 Å². The highest BCUT2D eigenvalue weighted by atomic mass is 35.5. The monoisotopic (exact) mass is 406 g/mol. The van der Waals surface area contributed by atoms with Crippen molar-refractivity contribution in [2.45, 2.75) is 19.1 Å². The van der Waals surface area contributed by atoms with E-state index in [1.165, 1.54) is 6.07 Å². The molecule has 2 aliphatic rings. The molecule has 2 aromatic rings. The number of alkyl halides is 3. The van der Waals surface area contributed by atoms with Crippen molar-refractivity contribution >= 4 is 29.1 Å². The number of carbonyl (C=O) groups is 2. The molecule has 0 aliphatic carbocycles. The summed E-state index contributed by atoms with van der Waals surface area (Å²) in [6, 6.07) is 11.8. The highest BCUT2D eigenvalue weighted by Gasteiger charge is 2.42. The normalized spacial score (nSPS) is 17.4. The Morgan fingerprint density at radius 2 is 1.64 bits per heavy atom. The number of rotatable bonds is 2. The lowest BCUT2D eigenvalue weighted by Crippen LogP contribution is -2.37. The van der Waals surface area contributed by atoms with Crippen molar-refractivity contribution in [1.82, 2.24) is 4.90 Å². The van der Waals surface area contributed by atoms with Gasteiger partial charge in [0.05, 0.1) is 11.3 Å². The van der Waals surface area contributed by atoms with Gasteiger partial charge in [0.25, 0.3) is 11.8 Å². The fourth-order valence-corrected chi connectivity index (χ4v) is 3.79. The Morgan fingerprint density at radius 1 is 0.929 bits per heavy atom. The molecule has 0 spiro atoms. The zero-order valence-corrected chi connectivity index (χ0v) is 15.2. The second-order valence-electron chi connectivity index (χ2n) is 6.60. The maximum atomic E-state index is 13.0. The molecule has 0 unspecified atom stereocenters. The van der Waals surface area contributed by atoms with Crippen molar-refractivity contribution in [3.63, 3.8) is 0 Å². The van der Waals surface area contributed by atoms with Crippen LogP contribution in [0.15, 0.2) is 59.3 Å². The fourth-order valence-electron chi connectivity index (χ4n) is 3.51. The first kappa shape index (κ1) is 18.6. The SMILES string of the molecule is O=C1C(Cl)=C(N2CCc3ccccc3C2)C(=O)N1c1cccc(C(F)(F)F)c1. The molecule has 0 fully saturated rings. The molecular weight excluding hydrogens is 393 g/mol. The van der Waals surface area contributed by atoms with Crippen LogP contribution in [-0.4, -0.2) is 23.3 Å². The minimum atomic E-state index is -4.58. The smallest absolute Gasteiger partial charge is 0.361 e. The molecule has 2 heterocycles. The summed E-state index contributed by atoms with van der Waals surface area (Å²) >= 11 is 6.16. The Morgan fingerprint density at radius 3 is 2.36 bits per heavy atom. The summed E-state index contributed by atoms with van der Waals surface area (Å²) in [5.41, 5.74) is 1.10. The number of nitrogens with zero attached hydrogens (tertiary/aromatic N) is 2. The average Bonchev–Trinajstić information content (AvgIpc) is 2.89. The Hall–Kier alpha value is -2.80. The predicted octanol–water partition coefficient (Wildman–Crippen LogP) is 4.09. The van der Waals surface area contributed by atoms with Crippen LogP contribution < -0.4 is 4.90 Å². The van der Waals surface area contributed by atoms with Gasteiger partial charge in [-0.05, 0) is 35.7 Å². The number of halogens is 4. The quantitative estimate of drug-likeness (QED) is 0.705. The Kier molecular flexibility index (Phi) is 4.42. The lowest BCUT2D eigenvalue weighted by Gasteiger charge is -2.31. The minimum Gasteiger partial charge on any atom is -0.361 e. The van der Waals surface area contributed by atoms with Gasteiger partial charge in [0.2, 0.25) is 0 Å². The molecule has 4 rings (SSSR count). The standard InChI is InChI=1S/C20H14ClF3N2O2/c21-16-17(25-9-8-12-4-1-2-5-13(12)11-25)19(28)26(18(16)27)15-7-3-6-14(10-15)20(22,23)24/h1-7,10H,8-9,11H2. The molecule has 0 saturated heterocycles. The second-order valence-corrected chi connectivity index (χ2v) is 6.97. The van der Waals surface area contributed by atoms with Crippen molar-refractivity contribution in [2.75, 3.05) is 11.4 Å². The van der Waals surface area contributed by atoms with Crippen LogP contribution >= 0.6 is 11.6 Å². The zero-order chi connectivity index (χ0) is 20.1. The first-order valence-electron chi connectivity index (χ1n) is 8.55. The predicted molar refractivity (Wildman–Crippen MR) is 97.4 cm³/mol. The maximum absolute atomic E-state index is 13.0. The van der Waals surface area contributed by atoms with Crippen LogP contribution in [0.4, 0.5) is 18.9 Å². The lowest BCUT2D eigenvalue weighted by molar-refractivity contribution is -0.137. The molecule has 0 atom stereocenters. The summed E-state index contributed by atoms with van der Waals surface area (Å²) < 4.78 is 39.0. The number of imide groups is 1. The third-order valence-corrected chi connectivity index (χ3v) is 5.22. The van der Waals surface area contributed by atoms with E-state index in [-0.39, 0.29) is 16.4 Å². The van der Waals surface area contributed by atoms with E-state index in [2.05, 4.69) is 0 Å². The molecule has 0 bridgehead atoms. The van der Waals surface area contributed by atoms with Crippen LogP contribution in [0, 0.1) is 0 Å². The van der Waals surface area contributed by atoms with Crippen LogP contribution in [0.3, 0.4) is 0 Å². The van der Waals surface area contributed by atoms with E-state index in [4.69, 9.17) is 11.6 Å². The molecule has 0 aromatic heterocycles. The largest absolute Gasteiger partial charge is 0.416 e. The van der Waals surface area contributed by atoms with Gasteiger partial charge in [0, 0.05) is 13.1 Å². The zero-order valence-electron chi connectivity index (χ0n) is 14.5. The molecule has 0 radical (unpaired) electrons. The van der Waals surface area contributed by atoms with Crippen molar-refractivity contribution < 1.29 is 22.8 Å². The third-order valence-electron chi connectivity index (χ3n) is 4.88. The Balaban J connectivity index is 1.66. The van der Waals surface area contributed by atoms with E-state index in [0.717, 1.165) is 29.3 Å². The first-order chi connectivity index (χ1) is 13.3. The van der Waals surface area contributed by atoms with Crippen molar-refractivity contribution in [3.8, 4) is 0 Å². The summed E-state index contributed by atoms with van der Waals surface area (Å²) in [5.74, 6) is -1.53. The van der Waals surface area contributed by atoms with Gasteiger partial charge in [-0.15, -0.1) is 0 Å². The number of anilines is 1. The molecule has 2 aliphatic heterocycles. The minimum absolute atomic E-state index is 0.0265. The van der Waals surface area contributed by atoms with Gasteiger partial charge in [-0.3, -0.25) is 9.59 Å². The molecule has 0 saturated carbocycles. The molecule has 2 amide bonds. The molecule has 2 aromatic carbocycles. The second kappa shape index (κ2) is 6.67. The van der Waals surface area contributed by atoms with Crippen LogP contribution in [0.2, 0.25) is 0 Å². The lowest BCUT2D eigenvalue weighted by atomic mass is 9.99. The number of fused-ring (bicyclic) bond motifs is 1. The fraction of sp³-hybridized carbons (Fsp3) is 0.200. The highest BCUT2D eigenvalue weighted by molar-refractivity contribution is 6.52. The summed E-state index contributed by atoms with van der Waals surface area (Å²) in [5, 5.41) is -0.276. The van der Waals surface area contributed by atoms with Gasteiger partial charge in [0.1, 0.15) is 10.7 Å². The molecular formula is C20H14ClF3N2O2. The van der Waals surface area contributed by atoms with Gasteiger partial charge in [0.15, 0.2) is 0 Å². The Labute approximate surface area is 163 Å².